The monoisotopic (exact) mass is 300 g/mol. The third-order valence-electron chi connectivity index (χ3n) is 3.57. The van der Waals surface area contributed by atoms with Crippen LogP contribution in [-0.4, -0.2) is 36.2 Å². The van der Waals surface area contributed by atoms with E-state index in [1.54, 1.807) is 12.3 Å². The van der Waals surface area contributed by atoms with Crippen molar-refractivity contribution in [3.63, 3.8) is 0 Å². The Kier molecular flexibility index (Phi) is 6.37. The highest BCUT2D eigenvalue weighted by molar-refractivity contribution is 5.62. The molecular weight excluding hydrogens is 276 g/mol. The number of aromatic amines is 1. The number of aromatic nitrogens is 1. The summed E-state index contributed by atoms with van der Waals surface area (Å²) in [6, 6.07) is 11.9. The van der Waals surface area contributed by atoms with Crippen LogP contribution in [-0.2, 0) is 11.3 Å². The van der Waals surface area contributed by atoms with Gasteiger partial charge in [0.15, 0.2) is 0 Å². The summed E-state index contributed by atoms with van der Waals surface area (Å²) in [5.74, 6) is 0. The van der Waals surface area contributed by atoms with Gasteiger partial charge in [0.2, 0.25) is 5.56 Å². The molecule has 0 atom stereocenters. The van der Waals surface area contributed by atoms with E-state index in [4.69, 9.17) is 4.74 Å². The Morgan fingerprint density at radius 2 is 1.73 bits per heavy atom. The van der Waals surface area contributed by atoms with Crippen LogP contribution < -0.4 is 5.56 Å². The molecule has 1 aromatic heterocycles. The van der Waals surface area contributed by atoms with Gasteiger partial charge >= 0.3 is 0 Å². The summed E-state index contributed by atoms with van der Waals surface area (Å²) in [7, 11) is 0. The third kappa shape index (κ3) is 4.55. The van der Waals surface area contributed by atoms with Crippen molar-refractivity contribution in [1.82, 2.24) is 9.88 Å². The molecule has 1 aliphatic heterocycles. The van der Waals surface area contributed by atoms with Gasteiger partial charge in [0.25, 0.3) is 0 Å². The fourth-order valence-corrected chi connectivity index (χ4v) is 2.44. The van der Waals surface area contributed by atoms with Crippen LogP contribution in [0.15, 0.2) is 47.4 Å². The topological polar surface area (TPSA) is 45.3 Å². The van der Waals surface area contributed by atoms with Crippen LogP contribution in [0.4, 0.5) is 0 Å². The zero-order valence-corrected chi connectivity index (χ0v) is 13.3. The lowest BCUT2D eigenvalue weighted by Gasteiger charge is -2.26. The van der Waals surface area contributed by atoms with Gasteiger partial charge in [-0.2, -0.15) is 0 Å². The molecule has 1 aromatic carbocycles. The molecule has 0 radical (unpaired) electrons. The molecule has 1 saturated heterocycles. The lowest BCUT2D eigenvalue weighted by Crippen LogP contribution is -2.35. The highest BCUT2D eigenvalue weighted by atomic mass is 16.5. The summed E-state index contributed by atoms with van der Waals surface area (Å²) in [6.45, 7) is 8.60. The Labute approximate surface area is 131 Å². The highest BCUT2D eigenvalue weighted by Gasteiger charge is 2.10. The van der Waals surface area contributed by atoms with Crippen LogP contribution in [0.5, 0.6) is 0 Å². The van der Waals surface area contributed by atoms with E-state index in [1.807, 2.05) is 19.9 Å². The zero-order valence-electron chi connectivity index (χ0n) is 13.3. The molecular formula is C18H24N2O2. The lowest BCUT2D eigenvalue weighted by atomic mass is 10.0. The Bertz CT molecular complexity index is 613. The van der Waals surface area contributed by atoms with Crippen molar-refractivity contribution in [3.05, 3.63) is 58.5 Å². The first-order valence-electron chi connectivity index (χ1n) is 7.89. The fourth-order valence-electron chi connectivity index (χ4n) is 2.44. The number of hydrogen-bond acceptors (Lipinski definition) is 3. The predicted molar refractivity (Wildman–Crippen MR) is 89.9 cm³/mol. The maximum atomic E-state index is 11.3. The second-order valence-electron chi connectivity index (χ2n) is 5.03. The van der Waals surface area contributed by atoms with Gasteiger partial charge in [0.1, 0.15) is 0 Å². The van der Waals surface area contributed by atoms with Crippen LogP contribution >= 0.6 is 0 Å². The van der Waals surface area contributed by atoms with Crippen LogP contribution in [0.3, 0.4) is 0 Å². The molecule has 22 heavy (non-hydrogen) atoms. The van der Waals surface area contributed by atoms with E-state index >= 15 is 0 Å². The van der Waals surface area contributed by atoms with Crippen molar-refractivity contribution in [3.8, 4) is 11.1 Å². The summed E-state index contributed by atoms with van der Waals surface area (Å²) < 4.78 is 5.35. The quantitative estimate of drug-likeness (QED) is 0.948. The molecule has 0 bridgehead atoms. The lowest BCUT2D eigenvalue weighted by molar-refractivity contribution is 0.0342. The predicted octanol–water partition coefficient (Wildman–Crippen LogP) is 2.90. The first-order chi connectivity index (χ1) is 10.8. The van der Waals surface area contributed by atoms with Crippen LogP contribution in [0, 0.1) is 0 Å². The standard InChI is InChI=1S/C16H18N2O2.C2H6/c19-16-11-15(5-6-17-16)14-3-1-13(2-4-14)12-18-7-9-20-10-8-18;1-2/h1-6,11H,7-10,12H2,(H,17,19);1-2H3. The molecule has 118 valence electrons. The second kappa shape index (κ2) is 8.51. The number of hydrogen-bond donors (Lipinski definition) is 1. The summed E-state index contributed by atoms with van der Waals surface area (Å²) >= 11 is 0. The molecule has 0 amide bonds. The first-order valence-corrected chi connectivity index (χ1v) is 7.89. The molecule has 0 spiro atoms. The molecule has 1 fully saturated rings. The van der Waals surface area contributed by atoms with Gasteiger partial charge in [-0.1, -0.05) is 38.1 Å². The van der Waals surface area contributed by atoms with Gasteiger partial charge < -0.3 is 9.72 Å². The summed E-state index contributed by atoms with van der Waals surface area (Å²) in [4.78, 5) is 16.3. The number of pyridine rings is 1. The summed E-state index contributed by atoms with van der Waals surface area (Å²) in [6.07, 6.45) is 1.68. The average molecular weight is 300 g/mol. The van der Waals surface area contributed by atoms with E-state index in [2.05, 4.69) is 34.1 Å². The van der Waals surface area contributed by atoms with Crippen molar-refractivity contribution in [2.45, 2.75) is 20.4 Å². The Balaban J connectivity index is 0.000000847. The number of benzene rings is 1. The Hall–Kier alpha value is -1.91. The number of morpholine rings is 1. The Morgan fingerprint density at radius 1 is 1.05 bits per heavy atom. The molecule has 2 heterocycles. The van der Waals surface area contributed by atoms with Crippen molar-refractivity contribution >= 4 is 0 Å². The minimum atomic E-state index is -0.0695. The number of nitrogens with zero attached hydrogens (tertiary/aromatic N) is 1. The maximum Gasteiger partial charge on any atom is 0.248 e. The SMILES string of the molecule is CC.O=c1cc(-c2ccc(CN3CCOCC3)cc2)cc[nH]1. The molecule has 4 nitrogen and oxygen atoms in total. The van der Waals surface area contributed by atoms with Crippen LogP contribution in [0.25, 0.3) is 11.1 Å². The number of H-pyrrole nitrogens is 1. The van der Waals surface area contributed by atoms with E-state index in [0.717, 1.165) is 44.0 Å². The molecule has 4 heteroatoms. The normalized spacial score (nSPS) is 15.0. The van der Waals surface area contributed by atoms with Gasteiger partial charge in [-0.25, -0.2) is 0 Å². The fraction of sp³-hybridized carbons (Fsp3) is 0.389. The third-order valence-corrected chi connectivity index (χ3v) is 3.57. The van der Waals surface area contributed by atoms with Crippen LogP contribution in [0.1, 0.15) is 19.4 Å². The molecule has 1 N–H and O–H groups in total. The van der Waals surface area contributed by atoms with Gasteiger partial charge in [0.05, 0.1) is 13.2 Å². The highest BCUT2D eigenvalue weighted by Crippen LogP contribution is 2.18. The van der Waals surface area contributed by atoms with E-state index < -0.39 is 0 Å². The number of ether oxygens (including phenoxy) is 1. The van der Waals surface area contributed by atoms with E-state index in [1.165, 1.54) is 5.56 Å². The molecule has 0 saturated carbocycles. The van der Waals surface area contributed by atoms with Gasteiger partial charge in [0, 0.05) is 31.9 Å². The van der Waals surface area contributed by atoms with Crippen molar-refractivity contribution < 1.29 is 4.74 Å². The van der Waals surface area contributed by atoms with Crippen molar-refractivity contribution in [1.29, 1.82) is 0 Å². The Morgan fingerprint density at radius 3 is 2.36 bits per heavy atom. The van der Waals surface area contributed by atoms with E-state index in [9.17, 15) is 4.79 Å². The smallest absolute Gasteiger partial charge is 0.248 e. The minimum Gasteiger partial charge on any atom is -0.379 e. The van der Waals surface area contributed by atoms with E-state index in [0.29, 0.717) is 0 Å². The largest absolute Gasteiger partial charge is 0.379 e. The summed E-state index contributed by atoms with van der Waals surface area (Å²) in [5, 5.41) is 0. The summed E-state index contributed by atoms with van der Waals surface area (Å²) in [5.41, 5.74) is 3.24. The number of rotatable bonds is 3. The molecule has 2 aromatic rings. The average Bonchev–Trinajstić information content (AvgIpc) is 2.58. The zero-order chi connectivity index (χ0) is 15.8. The van der Waals surface area contributed by atoms with Crippen LogP contribution in [0.2, 0.25) is 0 Å². The molecule has 1 aliphatic rings. The first kappa shape index (κ1) is 16.5. The molecule has 0 aliphatic carbocycles. The maximum absolute atomic E-state index is 11.3. The molecule has 3 rings (SSSR count). The van der Waals surface area contributed by atoms with Gasteiger partial charge in [-0.05, 0) is 22.8 Å². The minimum absolute atomic E-state index is 0.0695. The van der Waals surface area contributed by atoms with E-state index in [-0.39, 0.29) is 5.56 Å². The second-order valence-corrected chi connectivity index (χ2v) is 5.03. The molecule has 0 unspecified atom stereocenters. The van der Waals surface area contributed by atoms with Crippen molar-refractivity contribution in [2.75, 3.05) is 26.3 Å². The van der Waals surface area contributed by atoms with Gasteiger partial charge in [-0.15, -0.1) is 0 Å². The van der Waals surface area contributed by atoms with Crippen molar-refractivity contribution in [2.24, 2.45) is 0 Å². The van der Waals surface area contributed by atoms with Gasteiger partial charge in [-0.3, -0.25) is 9.69 Å². The number of nitrogens with one attached hydrogen (secondary N) is 1.